The Morgan fingerprint density at radius 1 is 1.44 bits per heavy atom. The lowest BCUT2D eigenvalue weighted by atomic mass is 9.98. The van der Waals surface area contributed by atoms with Crippen molar-refractivity contribution in [1.82, 2.24) is 4.90 Å². The molecule has 0 bridgehead atoms. The van der Waals surface area contributed by atoms with Crippen LogP contribution in [-0.2, 0) is 4.79 Å². The van der Waals surface area contributed by atoms with Gasteiger partial charge in [0.1, 0.15) is 11.8 Å². The molecule has 2 rings (SSSR count). The first-order chi connectivity index (χ1) is 8.77. The summed E-state index contributed by atoms with van der Waals surface area (Å²) in [6.07, 6.45) is 3.80. The highest BCUT2D eigenvalue weighted by Crippen LogP contribution is 2.37. The Balaban J connectivity index is 2.28. The Bertz CT molecular complexity index is 411. The average Bonchev–Trinajstić information content (AvgIpc) is 2.38. The molecule has 0 aliphatic carbocycles. The molecule has 0 amide bonds. The van der Waals surface area contributed by atoms with Gasteiger partial charge in [-0.3, -0.25) is 4.90 Å². The fourth-order valence-electron chi connectivity index (χ4n) is 2.46. The monoisotopic (exact) mass is 264 g/mol. The van der Waals surface area contributed by atoms with E-state index in [1.165, 1.54) is 5.56 Å². The Morgan fingerprint density at radius 2 is 2.22 bits per heavy atom. The molecule has 0 radical (unpaired) electrons. The quantitative estimate of drug-likeness (QED) is 0.633. The average molecular weight is 264 g/mol. The second-order valence-electron chi connectivity index (χ2n) is 4.61. The number of carbonyl (C=O) groups excluding carboxylic acids is 1. The molecule has 2 atom stereocenters. The van der Waals surface area contributed by atoms with Crippen LogP contribution in [0.15, 0.2) is 24.3 Å². The molecule has 0 saturated heterocycles. The summed E-state index contributed by atoms with van der Waals surface area (Å²) in [6.45, 7) is 3.14. The van der Waals surface area contributed by atoms with Gasteiger partial charge >= 0.3 is 0 Å². The first kappa shape index (κ1) is 13.4. The topological polar surface area (TPSA) is 32.3 Å². The highest BCUT2D eigenvalue weighted by Gasteiger charge is 2.31. The maximum absolute atomic E-state index is 10.9. The van der Waals surface area contributed by atoms with E-state index < -0.39 is 0 Å². The largest absolute Gasteiger partial charge is 0.361 e. The van der Waals surface area contributed by atoms with Crippen LogP contribution < -0.4 is 5.32 Å². The minimum atomic E-state index is -0.0172. The molecule has 98 valence electrons. The molecule has 1 heterocycles. The molecule has 0 saturated carbocycles. The van der Waals surface area contributed by atoms with Gasteiger partial charge in [0.15, 0.2) is 0 Å². The van der Waals surface area contributed by atoms with Gasteiger partial charge in [-0.15, -0.1) is 12.6 Å². The van der Waals surface area contributed by atoms with E-state index in [2.05, 4.69) is 35.8 Å². The van der Waals surface area contributed by atoms with Crippen LogP contribution in [0.2, 0.25) is 0 Å². The zero-order valence-corrected chi connectivity index (χ0v) is 11.6. The van der Waals surface area contributed by atoms with Gasteiger partial charge in [0.25, 0.3) is 0 Å². The molecule has 2 unspecified atom stereocenters. The van der Waals surface area contributed by atoms with E-state index >= 15 is 0 Å². The first-order valence-electron chi connectivity index (χ1n) is 6.50. The van der Waals surface area contributed by atoms with Crippen molar-refractivity contribution < 1.29 is 4.79 Å². The number of thiol groups is 1. The maximum Gasteiger partial charge on any atom is 0.125 e. The standard InChI is InChI=1S/C14H20N2OS/c1-2-3-9-16-13(8-10-17)11-6-4-5-7-12(11)15-14(16)18/h4-7,10,13-15,18H,2-3,8-9H2,1H3. The summed E-state index contributed by atoms with van der Waals surface area (Å²) in [7, 11) is 0. The summed E-state index contributed by atoms with van der Waals surface area (Å²) in [5.74, 6) is 0. The second-order valence-corrected chi connectivity index (χ2v) is 5.10. The highest BCUT2D eigenvalue weighted by molar-refractivity contribution is 7.81. The zero-order chi connectivity index (χ0) is 13.0. The summed E-state index contributed by atoms with van der Waals surface area (Å²) in [5, 5.41) is 3.38. The van der Waals surface area contributed by atoms with Crippen molar-refractivity contribution in [2.45, 2.75) is 37.7 Å². The number of nitrogens with zero attached hydrogens (tertiary/aromatic N) is 1. The van der Waals surface area contributed by atoms with Crippen LogP contribution in [0.3, 0.4) is 0 Å². The smallest absolute Gasteiger partial charge is 0.125 e. The zero-order valence-electron chi connectivity index (χ0n) is 10.7. The van der Waals surface area contributed by atoms with Crippen molar-refractivity contribution in [3.63, 3.8) is 0 Å². The number of aldehydes is 1. The number of hydrogen-bond acceptors (Lipinski definition) is 4. The van der Waals surface area contributed by atoms with E-state index in [0.29, 0.717) is 6.42 Å². The number of hydrogen-bond donors (Lipinski definition) is 2. The molecular formula is C14H20N2OS. The Morgan fingerprint density at radius 3 is 2.94 bits per heavy atom. The molecule has 1 aliphatic heterocycles. The highest BCUT2D eigenvalue weighted by atomic mass is 32.1. The van der Waals surface area contributed by atoms with E-state index in [0.717, 1.165) is 31.4 Å². The van der Waals surface area contributed by atoms with E-state index in [9.17, 15) is 4.79 Å². The third-order valence-corrected chi connectivity index (χ3v) is 3.83. The van der Waals surface area contributed by atoms with Crippen LogP contribution >= 0.6 is 12.6 Å². The fourth-order valence-corrected chi connectivity index (χ4v) is 2.88. The van der Waals surface area contributed by atoms with Gasteiger partial charge in [-0.2, -0.15) is 0 Å². The van der Waals surface area contributed by atoms with Crippen molar-refractivity contribution >= 4 is 24.6 Å². The van der Waals surface area contributed by atoms with Crippen molar-refractivity contribution in [1.29, 1.82) is 0 Å². The number of nitrogens with one attached hydrogen (secondary N) is 1. The molecular weight excluding hydrogens is 244 g/mol. The van der Waals surface area contributed by atoms with E-state index in [-0.39, 0.29) is 11.5 Å². The Labute approximate surface area is 114 Å². The molecule has 1 aromatic rings. The number of carbonyl (C=O) groups is 1. The molecule has 1 N–H and O–H groups in total. The van der Waals surface area contributed by atoms with Crippen LogP contribution in [0.25, 0.3) is 0 Å². The van der Waals surface area contributed by atoms with E-state index in [1.807, 2.05) is 18.2 Å². The molecule has 3 nitrogen and oxygen atoms in total. The molecule has 1 aliphatic rings. The van der Waals surface area contributed by atoms with Gasteiger partial charge in [0.2, 0.25) is 0 Å². The van der Waals surface area contributed by atoms with Crippen molar-refractivity contribution in [2.24, 2.45) is 0 Å². The summed E-state index contributed by atoms with van der Waals surface area (Å²) >= 11 is 4.60. The number of benzene rings is 1. The normalized spacial score (nSPS) is 23.2. The maximum atomic E-state index is 10.9. The number of anilines is 1. The van der Waals surface area contributed by atoms with Crippen LogP contribution in [0.5, 0.6) is 0 Å². The SMILES string of the molecule is CCCCN1C(S)Nc2ccccc2C1CC=O. The lowest BCUT2D eigenvalue weighted by Gasteiger charge is -2.41. The molecule has 0 fully saturated rings. The molecule has 0 spiro atoms. The molecule has 1 aromatic carbocycles. The molecule has 18 heavy (non-hydrogen) atoms. The summed E-state index contributed by atoms with van der Waals surface area (Å²) in [6, 6.07) is 8.32. The number of rotatable bonds is 5. The van der Waals surface area contributed by atoms with Crippen LogP contribution in [0.4, 0.5) is 5.69 Å². The van der Waals surface area contributed by atoms with Crippen molar-refractivity contribution in [2.75, 3.05) is 11.9 Å². The van der Waals surface area contributed by atoms with Gasteiger partial charge < -0.3 is 10.1 Å². The second kappa shape index (κ2) is 6.25. The lowest BCUT2D eigenvalue weighted by Crippen LogP contribution is -2.44. The third kappa shape index (κ3) is 2.70. The molecule has 0 aromatic heterocycles. The van der Waals surface area contributed by atoms with Gasteiger partial charge in [0, 0.05) is 24.7 Å². The van der Waals surface area contributed by atoms with Crippen molar-refractivity contribution in [3.8, 4) is 0 Å². The summed E-state index contributed by atoms with van der Waals surface area (Å²) in [4.78, 5) is 13.2. The summed E-state index contributed by atoms with van der Waals surface area (Å²) in [5.41, 5.74) is 2.28. The van der Waals surface area contributed by atoms with Crippen molar-refractivity contribution in [3.05, 3.63) is 29.8 Å². The predicted octanol–water partition coefficient (Wildman–Crippen LogP) is 3.06. The van der Waals surface area contributed by atoms with Gasteiger partial charge in [0.05, 0.1) is 0 Å². The number of fused-ring (bicyclic) bond motifs is 1. The Kier molecular flexibility index (Phi) is 4.66. The van der Waals surface area contributed by atoms with E-state index in [1.54, 1.807) is 0 Å². The van der Waals surface area contributed by atoms with Gasteiger partial charge in [-0.05, 0) is 18.1 Å². The lowest BCUT2D eigenvalue weighted by molar-refractivity contribution is -0.109. The van der Waals surface area contributed by atoms with E-state index in [4.69, 9.17) is 0 Å². The minimum absolute atomic E-state index is 0.0172. The third-order valence-electron chi connectivity index (χ3n) is 3.41. The number of para-hydroxylation sites is 1. The number of unbranched alkanes of at least 4 members (excludes halogenated alkanes) is 1. The van der Waals surface area contributed by atoms with Gasteiger partial charge in [-0.1, -0.05) is 31.5 Å². The predicted molar refractivity (Wildman–Crippen MR) is 77.9 cm³/mol. The summed E-state index contributed by atoms with van der Waals surface area (Å²) < 4.78 is 0. The van der Waals surface area contributed by atoms with Crippen LogP contribution in [0.1, 0.15) is 37.8 Å². The fraction of sp³-hybridized carbons (Fsp3) is 0.500. The van der Waals surface area contributed by atoms with Gasteiger partial charge in [-0.25, -0.2) is 0 Å². The molecule has 4 heteroatoms. The first-order valence-corrected chi connectivity index (χ1v) is 7.02. The Hall–Kier alpha value is -1.00. The van der Waals surface area contributed by atoms with Crippen LogP contribution in [0, 0.1) is 0 Å². The van der Waals surface area contributed by atoms with Crippen LogP contribution in [-0.4, -0.2) is 23.2 Å². The minimum Gasteiger partial charge on any atom is -0.361 e.